The van der Waals surface area contributed by atoms with Crippen molar-refractivity contribution in [2.24, 2.45) is 5.73 Å². The Morgan fingerprint density at radius 2 is 1.57 bits per heavy atom. The molecule has 0 spiro atoms. The van der Waals surface area contributed by atoms with E-state index in [4.69, 9.17) is 5.73 Å². The van der Waals surface area contributed by atoms with E-state index in [9.17, 15) is 22.8 Å². The van der Waals surface area contributed by atoms with E-state index in [1.807, 2.05) is 0 Å². The average Bonchev–Trinajstić information content (AvgIpc) is 3.01. The van der Waals surface area contributed by atoms with Crippen molar-refractivity contribution >= 4 is 44.8 Å². The first-order valence-electron chi connectivity index (χ1n) is 8.39. The van der Waals surface area contributed by atoms with Gasteiger partial charge in [0, 0.05) is 23.5 Å². The lowest BCUT2D eigenvalue weighted by Gasteiger charge is -2.17. The lowest BCUT2D eigenvalue weighted by Crippen LogP contribution is -2.29. The highest BCUT2D eigenvalue weighted by molar-refractivity contribution is 7.93. The monoisotopic (exact) mass is 402 g/mol. The molecule has 2 aromatic rings. The van der Waals surface area contributed by atoms with Gasteiger partial charge in [-0.3, -0.25) is 18.7 Å². The van der Waals surface area contributed by atoms with Crippen LogP contribution in [0.15, 0.2) is 48.5 Å². The molecule has 0 aromatic heterocycles. The van der Waals surface area contributed by atoms with Crippen LogP contribution in [0.4, 0.5) is 17.1 Å². The number of amides is 3. The Hall–Kier alpha value is -3.40. The molecule has 0 atom stereocenters. The van der Waals surface area contributed by atoms with E-state index in [0.717, 1.165) is 0 Å². The number of primary amides is 1. The van der Waals surface area contributed by atoms with E-state index in [1.165, 1.54) is 34.6 Å². The predicted molar refractivity (Wildman–Crippen MR) is 104 cm³/mol. The summed E-state index contributed by atoms with van der Waals surface area (Å²) < 4.78 is 25.3. The Morgan fingerprint density at radius 3 is 2.14 bits per heavy atom. The smallest absolute Gasteiger partial charge is 0.314 e. The average molecular weight is 402 g/mol. The topological polar surface area (TPSA) is 139 Å². The zero-order valence-electron chi connectivity index (χ0n) is 14.7. The molecule has 3 amide bonds. The molecule has 1 aliphatic rings. The number of carbonyl (C=O) groups is 3. The number of hydrogen-bond donors (Lipinski definition) is 3. The van der Waals surface area contributed by atoms with Crippen LogP contribution in [0, 0.1) is 0 Å². The van der Waals surface area contributed by atoms with Gasteiger partial charge in [-0.15, -0.1) is 0 Å². The van der Waals surface area contributed by atoms with E-state index in [0.29, 0.717) is 30.0 Å². The lowest BCUT2D eigenvalue weighted by molar-refractivity contribution is -0.132. The van der Waals surface area contributed by atoms with Crippen LogP contribution in [0.5, 0.6) is 0 Å². The molecule has 146 valence electrons. The molecule has 0 radical (unpaired) electrons. The number of carbonyl (C=O) groups excluding carboxylic acids is 3. The van der Waals surface area contributed by atoms with Gasteiger partial charge in [-0.2, -0.15) is 0 Å². The van der Waals surface area contributed by atoms with E-state index in [2.05, 4.69) is 10.6 Å². The largest absolute Gasteiger partial charge is 0.366 e. The number of nitrogens with one attached hydrogen (secondary N) is 2. The molecule has 1 aliphatic heterocycles. The standard InChI is InChI=1S/C18H18N4O5S/c19-16(23)12-5-7-13(8-6-12)20-17(24)18(25)21-14-3-1-4-15(11-14)22-9-2-10-28(22,26)27/h1,3-8,11H,2,9-10H2,(H2,19,23)(H,20,24)(H,21,25). The SMILES string of the molecule is NC(=O)c1ccc(NC(=O)C(=O)Nc2cccc(N3CCCS3(=O)=O)c2)cc1. The van der Waals surface area contributed by atoms with Crippen molar-refractivity contribution < 1.29 is 22.8 Å². The third-order valence-corrected chi connectivity index (χ3v) is 5.99. The molecule has 1 saturated heterocycles. The normalized spacial score (nSPS) is 15.1. The second kappa shape index (κ2) is 7.69. The fourth-order valence-corrected chi connectivity index (χ4v) is 4.32. The van der Waals surface area contributed by atoms with Crippen LogP contribution in [-0.2, 0) is 19.6 Å². The van der Waals surface area contributed by atoms with Crippen LogP contribution in [0.1, 0.15) is 16.8 Å². The minimum absolute atomic E-state index is 0.0839. The van der Waals surface area contributed by atoms with Crippen molar-refractivity contribution in [3.63, 3.8) is 0 Å². The van der Waals surface area contributed by atoms with Crippen molar-refractivity contribution in [2.45, 2.75) is 6.42 Å². The van der Waals surface area contributed by atoms with Gasteiger partial charge in [-0.25, -0.2) is 8.42 Å². The molecule has 0 bridgehead atoms. The Morgan fingerprint density at radius 1 is 0.929 bits per heavy atom. The Balaban J connectivity index is 1.66. The number of nitrogens with two attached hydrogens (primary N) is 1. The van der Waals surface area contributed by atoms with Crippen molar-refractivity contribution in [1.29, 1.82) is 0 Å². The summed E-state index contributed by atoms with van der Waals surface area (Å²) in [5.41, 5.74) is 6.46. The molecule has 2 aromatic carbocycles. The molecule has 0 unspecified atom stereocenters. The molecule has 10 heteroatoms. The van der Waals surface area contributed by atoms with Crippen LogP contribution in [0.25, 0.3) is 0 Å². The Kier molecular flexibility index (Phi) is 5.32. The van der Waals surface area contributed by atoms with E-state index < -0.39 is 27.7 Å². The second-order valence-electron chi connectivity index (χ2n) is 6.14. The summed E-state index contributed by atoms with van der Waals surface area (Å²) >= 11 is 0. The third kappa shape index (κ3) is 4.29. The highest BCUT2D eigenvalue weighted by atomic mass is 32.2. The van der Waals surface area contributed by atoms with Crippen LogP contribution in [-0.4, -0.2) is 38.4 Å². The quantitative estimate of drug-likeness (QED) is 0.652. The van der Waals surface area contributed by atoms with Crippen molar-refractivity contribution in [3.8, 4) is 0 Å². The summed E-state index contributed by atoms with van der Waals surface area (Å²) in [6, 6.07) is 12.0. The second-order valence-corrected chi connectivity index (χ2v) is 8.15. The van der Waals surface area contributed by atoms with Crippen molar-refractivity contribution in [2.75, 3.05) is 27.2 Å². The fourth-order valence-electron chi connectivity index (χ4n) is 2.76. The highest BCUT2D eigenvalue weighted by Gasteiger charge is 2.28. The summed E-state index contributed by atoms with van der Waals surface area (Å²) in [5.74, 6) is -2.34. The van der Waals surface area contributed by atoms with E-state index >= 15 is 0 Å². The maximum atomic E-state index is 12.1. The molecule has 1 heterocycles. The summed E-state index contributed by atoms with van der Waals surface area (Å²) in [7, 11) is -3.34. The maximum Gasteiger partial charge on any atom is 0.314 e. The minimum atomic E-state index is -3.34. The van der Waals surface area contributed by atoms with Crippen LogP contribution in [0.3, 0.4) is 0 Å². The first-order chi connectivity index (χ1) is 13.3. The molecule has 4 N–H and O–H groups in total. The molecule has 28 heavy (non-hydrogen) atoms. The number of rotatable bonds is 4. The summed E-state index contributed by atoms with van der Waals surface area (Å²) in [6.45, 7) is 0.377. The van der Waals surface area contributed by atoms with Gasteiger partial charge in [0.2, 0.25) is 15.9 Å². The molecule has 0 aliphatic carbocycles. The van der Waals surface area contributed by atoms with Gasteiger partial charge in [0.25, 0.3) is 0 Å². The number of sulfonamides is 1. The summed E-state index contributed by atoms with van der Waals surface area (Å²) in [5, 5.41) is 4.84. The molecule has 3 rings (SSSR count). The van der Waals surface area contributed by atoms with E-state index in [1.54, 1.807) is 18.2 Å². The van der Waals surface area contributed by atoms with Gasteiger partial charge in [-0.1, -0.05) is 6.07 Å². The van der Waals surface area contributed by atoms with Crippen molar-refractivity contribution in [1.82, 2.24) is 0 Å². The van der Waals surface area contributed by atoms with Crippen LogP contribution >= 0.6 is 0 Å². The van der Waals surface area contributed by atoms with Crippen molar-refractivity contribution in [3.05, 3.63) is 54.1 Å². The third-order valence-electron chi connectivity index (χ3n) is 4.12. The molecular weight excluding hydrogens is 384 g/mol. The molecule has 1 fully saturated rings. The zero-order chi connectivity index (χ0) is 20.3. The number of benzene rings is 2. The van der Waals surface area contributed by atoms with Gasteiger partial charge >= 0.3 is 11.8 Å². The number of anilines is 3. The van der Waals surface area contributed by atoms with Gasteiger partial charge < -0.3 is 16.4 Å². The lowest BCUT2D eigenvalue weighted by atomic mass is 10.2. The first-order valence-corrected chi connectivity index (χ1v) is 10.00. The van der Waals surface area contributed by atoms with Gasteiger partial charge in [0.05, 0.1) is 11.4 Å². The van der Waals surface area contributed by atoms with E-state index in [-0.39, 0.29) is 11.3 Å². The zero-order valence-corrected chi connectivity index (χ0v) is 15.5. The number of hydrogen-bond acceptors (Lipinski definition) is 5. The Bertz CT molecular complexity index is 1030. The number of nitrogens with zero attached hydrogens (tertiary/aromatic N) is 1. The van der Waals surface area contributed by atoms with Crippen LogP contribution < -0.4 is 20.7 Å². The Labute approximate surface area is 161 Å². The molecular formula is C18H18N4O5S. The molecule has 9 nitrogen and oxygen atoms in total. The van der Waals surface area contributed by atoms with Gasteiger partial charge in [-0.05, 0) is 48.9 Å². The summed E-state index contributed by atoms with van der Waals surface area (Å²) in [4.78, 5) is 35.2. The van der Waals surface area contributed by atoms with Gasteiger partial charge in [0.15, 0.2) is 0 Å². The summed E-state index contributed by atoms with van der Waals surface area (Å²) in [6.07, 6.45) is 0.538. The first kappa shape index (κ1) is 19.4. The highest BCUT2D eigenvalue weighted by Crippen LogP contribution is 2.26. The fraction of sp³-hybridized carbons (Fsp3) is 0.167. The van der Waals surface area contributed by atoms with Gasteiger partial charge in [0.1, 0.15) is 0 Å². The maximum absolute atomic E-state index is 12.1. The minimum Gasteiger partial charge on any atom is -0.366 e. The van der Waals surface area contributed by atoms with Crippen LogP contribution in [0.2, 0.25) is 0 Å². The molecule has 0 saturated carbocycles. The predicted octanol–water partition coefficient (Wildman–Crippen LogP) is 0.903.